The molecule has 0 N–H and O–H groups in total. The zero-order chi connectivity index (χ0) is 13.2. The standard InChI is InChI=1S/C12H13Br2NO2S/c1-17-10(16)5-12(2-3-12)7-18-11-9(14)4-8(13)6-15-11/h4,6H,2-3,5,7H2,1H3. The van der Waals surface area contributed by atoms with Gasteiger partial charge in [0, 0.05) is 16.4 Å². The van der Waals surface area contributed by atoms with Crippen molar-refractivity contribution in [2.75, 3.05) is 12.9 Å². The van der Waals surface area contributed by atoms with E-state index in [2.05, 4.69) is 36.8 Å². The van der Waals surface area contributed by atoms with Crippen LogP contribution in [0.5, 0.6) is 0 Å². The normalized spacial score (nSPS) is 16.4. The van der Waals surface area contributed by atoms with Crippen LogP contribution in [-0.4, -0.2) is 23.8 Å². The number of hydrogen-bond donors (Lipinski definition) is 0. The number of ether oxygens (including phenoxy) is 1. The van der Waals surface area contributed by atoms with Gasteiger partial charge in [-0.3, -0.25) is 4.79 Å². The number of rotatable bonds is 5. The van der Waals surface area contributed by atoms with Crippen LogP contribution in [0, 0.1) is 5.41 Å². The lowest BCUT2D eigenvalue weighted by Gasteiger charge is -2.13. The fourth-order valence-corrected chi connectivity index (χ4v) is 4.15. The molecule has 0 saturated heterocycles. The molecule has 1 saturated carbocycles. The molecule has 0 amide bonds. The number of hydrogen-bond acceptors (Lipinski definition) is 4. The summed E-state index contributed by atoms with van der Waals surface area (Å²) in [5, 5.41) is 0.967. The Morgan fingerprint density at radius 2 is 2.28 bits per heavy atom. The molecule has 0 atom stereocenters. The number of esters is 1. The second kappa shape index (κ2) is 5.92. The van der Waals surface area contributed by atoms with E-state index in [0.29, 0.717) is 6.42 Å². The highest BCUT2D eigenvalue weighted by Crippen LogP contribution is 2.52. The summed E-state index contributed by atoms with van der Waals surface area (Å²) in [6, 6.07) is 1.98. The summed E-state index contributed by atoms with van der Waals surface area (Å²) in [6.07, 6.45) is 4.50. The summed E-state index contributed by atoms with van der Waals surface area (Å²) in [5.74, 6) is 0.797. The highest BCUT2D eigenvalue weighted by molar-refractivity contribution is 9.11. The molecule has 0 spiro atoms. The molecule has 1 aromatic heterocycles. The zero-order valence-corrected chi connectivity index (χ0v) is 13.9. The minimum absolute atomic E-state index is 0.115. The predicted octanol–water partition coefficient (Wildman–Crippen LogP) is 4.04. The summed E-state index contributed by atoms with van der Waals surface area (Å²) in [4.78, 5) is 15.7. The first-order valence-electron chi connectivity index (χ1n) is 5.55. The molecule has 0 unspecified atom stereocenters. The monoisotopic (exact) mass is 393 g/mol. The lowest BCUT2D eigenvalue weighted by molar-refractivity contribution is -0.141. The molecular formula is C12H13Br2NO2S. The Morgan fingerprint density at radius 1 is 1.56 bits per heavy atom. The van der Waals surface area contributed by atoms with E-state index in [0.717, 1.165) is 32.6 Å². The molecular weight excluding hydrogens is 382 g/mol. The van der Waals surface area contributed by atoms with E-state index < -0.39 is 0 Å². The third-order valence-electron chi connectivity index (χ3n) is 2.99. The molecule has 0 aliphatic heterocycles. The highest BCUT2D eigenvalue weighted by atomic mass is 79.9. The number of aromatic nitrogens is 1. The van der Waals surface area contributed by atoms with Crippen molar-refractivity contribution in [3.05, 3.63) is 21.2 Å². The Labute approximate surface area is 127 Å². The van der Waals surface area contributed by atoms with Crippen LogP contribution in [0.4, 0.5) is 0 Å². The first-order chi connectivity index (χ1) is 8.54. The Hall–Kier alpha value is -0.0700. The average Bonchev–Trinajstić information content (AvgIpc) is 3.08. The largest absolute Gasteiger partial charge is 0.469 e. The second-order valence-corrected chi connectivity index (χ2v) is 7.22. The summed E-state index contributed by atoms with van der Waals surface area (Å²) in [7, 11) is 1.44. The predicted molar refractivity (Wildman–Crippen MR) is 78.7 cm³/mol. The van der Waals surface area contributed by atoms with Gasteiger partial charge in [0.15, 0.2) is 0 Å². The van der Waals surface area contributed by atoms with Crippen LogP contribution in [0.3, 0.4) is 0 Å². The van der Waals surface area contributed by atoms with Crippen molar-refractivity contribution in [2.45, 2.75) is 24.3 Å². The third-order valence-corrected chi connectivity index (χ3v) is 5.65. The Kier molecular flexibility index (Phi) is 4.72. The number of thioether (sulfide) groups is 1. The summed E-state index contributed by atoms with van der Waals surface area (Å²) >= 11 is 8.56. The highest BCUT2D eigenvalue weighted by Gasteiger charge is 2.44. The molecule has 6 heteroatoms. The van der Waals surface area contributed by atoms with Crippen molar-refractivity contribution >= 4 is 49.6 Å². The zero-order valence-electron chi connectivity index (χ0n) is 9.91. The maximum Gasteiger partial charge on any atom is 0.306 e. The van der Waals surface area contributed by atoms with Crippen LogP contribution in [0.25, 0.3) is 0 Å². The fraction of sp³-hybridized carbons (Fsp3) is 0.500. The number of nitrogens with zero attached hydrogens (tertiary/aromatic N) is 1. The van der Waals surface area contributed by atoms with Gasteiger partial charge in [0.25, 0.3) is 0 Å². The second-order valence-electron chi connectivity index (χ2n) is 4.48. The topological polar surface area (TPSA) is 39.2 Å². The van der Waals surface area contributed by atoms with Crippen molar-refractivity contribution in [1.29, 1.82) is 0 Å². The summed E-state index contributed by atoms with van der Waals surface area (Å²) in [5.41, 5.74) is 0.131. The van der Waals surface area contributed by atoms with Crippen molar-refractivity contribution < 1.29 is 9.53 Å². The summed E-state index contributed by atoms with van der Waals surface area (Å²) < 4.78 is 6.67. The molecule has 0 bridgehead atoms. The minimum Gasteiger partial charge on any atom is -0.469 e. The van der Waals surface area contributed by atoms with Crippen LogP contribution in [0.15, 0.2) is 26.2 Å². The van der Waals surface area contributed by atoms with Crippen molar-refractivity contribution in [1.82, 2.24) is 4.98 Å². The number of pyridine rings is 1. The smallest absolute Gasteiger partial charge is 0.306 e. The molecule has 2 rings (SSSR count). The van der Waals surface area contributed by atoms with Crippen LogP contribution < -0.4 is 0 Å². The van der Waals surface area contributed by atoms with Gasteiger partial charge >= 0.3 is 5.97 Å². The Bertz CT molecular complexity index is 463. The molecule has 1 aromatic rings. The van der Waals surface area contributed by atoms with Crippen LogP contribution >= 0.6 is 43.6 Å². The van der Waals surface area contributed by atoms with Crippen molar-refractivity contribution in [3.63, 3.8) is 0 Å². The van der Waals surface area contributed by atoms with Gasteiger partial charge in [-0.2, -0.15) is 0 Å². The van der Waals surface area contributed by atoms with E-state index in [9.17, 15) is 4.79 Å². The molecule has 1 fully saturated rings. The molecule has 0 radical (unpaired) electrons. The van der Waals surface area contributed by atoms with Gasteiger partial charge in [0.1, 0.15) is 5.03 Å². The van der Waals surface area contributed by atoms with Crippen molar-refractivity contribution in [2.24, 2.45) is 5.41 Å². The van der Waals surface area contributed by atoms with E-state index in [4.69, 9.17) is 4.74 Å². The molecule has 1 aliphatic carbocycles. The summed E-state index contributed by atoms with van der Waals surface area (Å²) in [6.45, 7) is 0. The third kappa shape index (κ3) is 3.71. The number of carbonyl (C=O) groups is 1. The Balaban J connectivity index is 1.93. The number of halogens is 2. The van der Waals surface area contributed by atoms with E-state index in [1.54, 1.807) is 18.0 Å². The average molecular weight is 395 g/mol. The SMILES string of the molecule is COC(=O)CC1(CSc2ncc(Br)cc2Br)CC1. The number of methoxy groups -OCH3 is 1. The van der Waals surface area contributed by atoms with E-state index in [1.807, 2.05) is 6.07 Å². The first-order valence-corrected chi connectivity index (χ1v) is 8.12. The molecule has 98 valence electrons. The minimum atomic E-state index is -0.115. The van der Waals surface area contributed by atoms with E-state index in [1.165, 1.54) is 7.11 Å². The van der Waals surface area contributed by atoms with Gasteiger partial charge in [-0.1, -0.05) is 0 Å². The van der Waals surface area contributed by atoms with Crippen LogP contribution in [0.2, 0.25) is 0 Å². The van der Waals surface area contributed by atoms with E-state index in [-0.39, 0.29) is 11.4 Å². The lowest BCUT2D eigenvalue weighted by atomic mass is 10.1. The molecule has 1 heterocycles. The number of carbonyl (C=O) groups excluding carboxylic acids is 1. The van der Waals surface area contributed by atoms with Crippen LogP contribution in [-0.2, 0) is 9.53 Å². The Morgan fingerprint density at radius 3 is 2.83 bits per heavy atom. The lowest BCUT2D eigenvalue weighted by Crippen LogP contribution is -2.13. The maximum atomic E-state index is 11.3. The van der Waals surface area contributed by atoms with Gasteiger partial charge in [0.2, 0.25) is 0 Å². The van der Waals surface area contributed by atoms with Gasteiger partial charge in [0.05, 0.1) is 18.0 Å². The van der Waals surface area contributed by atoms with Gasteiger partial charge in [-0.25, -0.2) is 4.98 Å². The van der Waals surface area contributed by atoms with Gasteiger partial charge in [-0.15, -0.1) is 11.8 Å². The van der Waals surface area contributed by atoms with Crippen molar-refractivity contribution in [3.8, 4) is 0 Å². The molecule has 0 aromatic carbocycles. The fourth-order valence-electron chi connectivity index (χ4n) is 1.66. The maximum absolute atomic E-state index is 11.3. The molecule has 1 aliphatic rings. The molecule has 18 heavy (non-hydrogen) atoms. The first kappa shape index (κ1) is 14.3. The van der Waals surface area contributed by atoms with Gasteiger partial charge in [-0.05, 0) is 56.2 Å². The van der Waals surface area contributed by atoms with E-state index >= 15 is 0 Å². The quantitative estimate of drug-likeness (QED) is 0.558. The molecule has 3 nitrogen and oxygen atoms in total. The van der Waals surface area contributed by atoms with Crippen LogP contribution in [0.1, 0.15) is 19.3 Å². The van der Waals surface area contributed by atoms with Gasteiger partial charge < -0.3 is 4.74 Å².